The summed E-state index contributed by atoms with van der Waals surface area (Å²) in [4.78, 5) is 27.1. The smallest absolute Gasteiger partial charge is 0.0720 e. The second-order valence-electron chi connectivity index (χ2n) is 17.2. The molecule has 0 aromatic heterocycles. The SMILES string of the molecule is Cc1[c-]c(-c2[c-]c(C)c(C)c(C)c2C)c(C)[c-]c1C(=O)c1[c-]c(C)c(C)c(C)c1C.Cc1[c-]c(C(=O)c2[c-]c(C)c(C)c(C)c2C)c(C)c(-c2[c-]c(C)c(C)c(C)c2C)[c-]1.[Y].[Y].[Y].[Y].[Y].[Y].[Y].[Y].[Y].[Y]. The molecule has 70 heavy (non-hydrogen) atoms. The molecule has 0 heterocycles. The average molecular weight is 1680 g/mol. The Morgan fingerprint density at radius 3 is 0.843 bits per heavy atom. The summed E-state index contributed by atoms with van der Waals surface area (Å²) in [6, 6.07) is 27.3. The van der Waals surface area contributed by atoms with Crippen LogP contribution in [0.5, 0.6) is 0 Å². The fourth-order valence-electron chi connectivity index (χ4n) is 8.06. The van der Waals surface area contributed by atoms with Gasteiger partial charge in [0, 0.05) is 333 Å². The van der Waals surface area contributed by atoms with Gasteiger partial charge in [0.25, 0.3) is 0 Å². The Morgan fingerprint density at radius 1 is 0.214 bits per heavy atom. The van der Waals surface area contributed by atoms with Gasteiger partial charge in [-0.05, 0) is 0 Å². The molecule has 342 valence electrons. The Morgan fingerprint density at radius 2 is 0.471 bits per heavy atom. The van der Waals surface area contributed by atoms with Crippen molar-refractivity contribution in [2.75, 3.05) is 0 Å². The van der Waals surface area contributed by atoms with Crippen LogP contribution in [0.3, 0.4) is 0 Å². The van der Waals surface area contributed by atoms with Gasteiger partial charge in [0.1, 0.15) is 0 Å². The third-order valence-corrected chi connectivity index (χ3v) is 13.7. The molecule has 6 aromatic carbocycles. The van der Waals surface area contributed by atoms with E-state index in [0.29, 0.717) is 22.3 Å². The minimum Gasteiger partial charge on any atom is -0.359 e. The second kappa shape index (κ2) is 37.7. The molecule has 10 radical (unpaired) electrons. The standard InChI is InChI=1S/2C29H30O.10Y/c1-15-11-27(23(9)21(7)19(15)5)25-13-18(4)26(14-17(25)3)29(30)28-12-16(2)20(6)22(8)24(28)10;1-15-11-25(26-13-16(2)18(4)20(6)22(26)8)24(10)27(12-15)29(30)28-14-17(3)19(5)21(7)23(28)9;;;;;;;;;;/h2*1-10H3;;;;;;;;;;/q2*-4;;;;;;;;;;. The molecular formula is C58H60O2Y10-8. The maximum Gasteiger partial charge on any atom is 0.0720 e. The van der Waals surface area contributed by atoms with Gasteiger partial charge in [-0.1, -0.05) is 132 Å². The summed E-state index contributed by atoms with van der Waals surface area (Å²) in [7, 11) is 0. The monoisotopic (exact) mass is 1680 g/mol. The van der Waals surface area contributed by atoms with Crippen LogP contribution in [0.4, 0.5) is 0 Å². The molecular weight excluding hydrogens is 1620 g/mol. The summed E-state index contributed by atoms with van der Waals surface area (Å²) in [6.07, 6.45) is 0. The molecule has 0 N–H and O–H groups in total. The van der Waals surface area contributed by atoms with Crippen LogP contribution < -0.4 is 0 Å². The quantitative estimate of drug-likeness (QED) is 0.123. The maximum absolute atomic E-state index is 13.6. The summed E-state index contributed by atoms with van der Waals surface area (Å²) in [5, 5.41) is 0. The zero-order valence-corrected chi connectivity index (χ0v) is 74.0. The van der Waals surface area contributed by atoms with Crippen molar-refractivity contribution in [1.82, 2.24) is 0 Å². The Labute approximate surface area is 676 Å². The van der Waals surface area contributed by atoms with Crippen LogP contribution in [0, 0.1) is 187 Å². The summed E-state index contributed by atoms with van der Waals surface area (Å²) >= 11 is 0. The predicted octanol–water partition coefficient (Wildman–Crippen LogP) is 13.7. The number of carbonyl (C=O) groups excluding carboxylic acids is 2. The van der Waals surface area contributed by atoms with Crippen molar-refractivity contribution in [2.24, 2.45) is 0 Å². The van der Waals surface area contributed by atoms with Crippen LogP contribution in [0.2, 0.25) is 0 Å². The van der Waals surface area contributed by atoms with Crippen molar-refractivity contribution in [3.05, 3.63) is 182 Å². The fraction of sp³-hybridized carbons (Fsp3) is 0.345. The van der Waals surface area contributed by atoms with Gasteiger partial charge in [-0.25, -0.2) is 45.5 Å². The van der Waals surface area contributed by atoms with Crippen LogP contribution in [-0.2, 0) is 327 Å². The minimum absolute atomic E-state index is 0. The number of rotatable bonds is 6. The van der Waals surface area contributed by atoms with E-state index in [1.54, 1.807) is 0 Å². The first-order valence-electron chi connectivity index (χ1n) is 20.9. The number of hydrogen-bond acceptors (Lipinski definition) is 2. The molecule has 0 bridgehead atoms. The molecule has 0 fully saturated rings. The third-order valence-electron chi connectivity index (χ3n) is 13.7. The van der Waals surface area contributed by atoms with Crippen molar-refractivity contribution in [2.45, 2.75) is 138 Å². The number of hydrogen-bond donors (Lipinski definition) is 0. The van der Waals surface area contributed by atoms with E-state index >= 15 is 0 Å². The summed E-state index contributed by atoms with van der Waals surface area (Å²) in [5.41, 5.74) is 28.4. The number of aryl methyl sites for hydroxylation is 7. The van der Waals surface area contributed by atoms with E-state index < -0.39 is 0 Å². The van der Waals surface area contributed by atoms with Crippen LogP contribution in [0.25, 0.3) is 22.3 Å². The Balaban J connectivity index is -0.000000256. The molecule has 0 aliphatic heterocycles. The van der Waals surface area contributed by atoms with Gasteiger partial charge >= 0.3 is 0 Å². The molecule has 2 nitrogen and oxygen atoms in total. The minimum atomic E-state index is -0.0286. The molecule has 0 aliphatic rings. The van der Waals surface area contributed by atoms with Crippen molar-refractivity contribution < 1.29 is 337 Å². The van der Waals surface area contributed by atoms with Crippen LogP contribution >= 0.6 is 0 Å². The summed E-state index contributed by atoms with van der Waals surface area (Å²) < 4.78 is 0. The summed E-state index contributed by atoms with van der Waals surface area (Å²) in [5.74, 6) is -0.0492. The molecule has 0 saturated carbocycles. The molecule has 0 aliphatic carbocycles. The molecule has 6 aromatic rings. The first-order valence-corrected chi connectivity index (χ1v) is 20.9. The molecule has 0 amide bonds. The van der Waals surface area contributed by atoms with Crippen molar-refractivity contribution in [3.63, 3.8) is 0 Å². The maximum atomic E-state index is 13.6. The third kappa shape index (κ3) is 19.4. The number of carbonyl (C=O) groups is 2. The topological polar surface area (TPSA) is 34.1 Å². The summed E-state index contributed by atoms with van der Waals surface area (Å²) in [6.45, 7) is 41.2. The second-order valence-corrected chi connectivity index (χ2v) is 17.2. The van der Waals surface area contributed by atoms with Gasteiger partial charge in [-0.3, -0.25) is 17.2 Å². The van der Waals surface area contributed by atoms with E-state index in [1.165, 1.54) is 44.5 Å². The molecule has 0 spiro atoms. The fourth-order valence-corrected chi connectivity index (χ4v) is 8.06. The van der Waals surface area contributed by atoms with Gasteiger partial charge < -0.3 is 15.7 Å². The Kier molecular flexibility index (Phi) is 46.9. The number of benzene rings is 6. The van der Waals surface area contributed by atoms with Gasteiger partial charge in [-0.15, -0.1) is 120 Å². The van der Waals surface area contributed by atoms with Gasteiger partial charge in [0.2, 0.25) is 0 Å². The molecule has 6 rings (SSSR count). The van der Waals surface area contributed by atoms with Crippen molar-refractivity contribution >= 4 is 11.6 Å². The molecule has 0 saturated heterocycles. The molecule has 0 atom stereocenters. The molecule has 12 heteroatoms. The Bertz CT molecular complexity index is 2810. The van der Waals surface area contributed by atoms with Gasteiger partial charge in [0.15, 0.2) is 0 Å². The first-order chi connectivity index (χ1) is 27.9. The van der Waals surface area contributed by atoms with E-state index in [0.717, 1.165) is 89.0 Å². The van der Waals surface area contributed by atoms with Crippen LogP contribution in [0.15, 0.2) is 0 Å². The van der Waals surface area contributed by atoms with Crippen LogP contribution in [0.1, 0.15) is 143 Å². The zero-order chi connectivity index (χ0) is 45.0. The number of ketones is 2. The van der Waals surface area contributed by atoms with Crippen molar-refractivity contribution in [1.29, 1.82) is 0 Å². The van der Waals surface area contributed by atoms with Gasteiger partial charge in [-0.2, -0.15) is 22.8 Å². The van der Waals surface area contributed by atoms with Crippen LogP contribution in [-0.4, -0.2) is 11.6 Å². The first kappa shape index (κ1) is 86.9. The normalized spacial score (nSPS) is 9.54. The zero-order valence-electron chi connectivity index (χ0n) is 45.6. The largest absolute Gasteiger partial charge is 0.359 e. The van der Waals surface area contributed by atoms with E-state index in [4.69, 9.17) is 0 Å². The van der Waals surface area contributed by atoms with E-state index in [-0.39, 0.29) is 339 Å². The van der Waals surface area contributed by atoms with E-state index in [2.05, 4.69) is 132 Å². The Hall–Kier alpha value is 5.70. The van der Waals surface area contributed by atoms with E-state index in [9.17, 15) is 9.59 Å². The van der Waals surface area contributed by atoms with Gasteiger partial charge in [0.05, 0.1) is 5.78 Å². The average Bonchev–Trinajstić information content (AvgIpc) is 3.21. The molecule has 0 unspecified atom stereocenters. The van der Waals surface area contributed by atoms with Crippen molar-refractivity contribution in [3.8, 4) is 22.3 Å². The van der Waals surface area contributed by atoms with E-state index in [1.807, 2.05) is 55.4 Å². The predicted molar refractivity (Wildman–Crippen MR) is 249 cm³/mol.